The Bertz CT molecular complexity index is 525. The zero-order valence-electron chi connectivity index (χ0n) is 10.1. The van der Waals surface area contributed by atoms with Crippen LogP contribution in [0.25, 0.3) is 0 Å². The van der Waals surface area contributed by atoms with Crippen molar-refractivity contribution >= 4 is 45.0 Å². The van der Waals surface area contributed by atoms with Crippen LogP contribution in [0.5, 0.6) is 0 Å². The fourth-order valence-corrected chi connectivity index (χ4v) is 2.17. The summed E-state index contributed by atoms with van der Waals surface area (Å²) in [5.74, 6) is 1.56. The van der Waals surface area contributed by atoms with Crippen LogP contribution in [0.3, 0.4) is 0 Å². The minimum atomic E-state index is 0.733. The molecule has 0 spiro atoms. The summed E-state index contributed by atoms with van der Waals surface area (Å²) in [5, 5.41) is 7.03. The molecular formula is C12H13BrN4S. The van der Waals surface area contributed by atoms with Crippen LogP contribution < -0.4 is 10.6 Å². The average molecular weight is 325 g/mol. The first-order chi connectivity index (χ1) is 8.72. The fourth-order valence-electron chi connectivity index (χ4n) is 1.41. The lowest BCUT2D eigenvalue weighted by Crippen LogP contribution is -2.00. The zero-order chi connectivity index (χ0) is 13.0. The molecule has 6 heteroatoms. The average Bonchev–Trinajstić information content (AvgIpc) is 2.41. The molecule has 0 amide bonds. The minimum Gasteiger partial charge on any atom is -0.373 e. The fraction of sp³-hybridized carbons (Fsp3) is 0.167. The Balaban J connectivity index is 2.31. The third kappa shape index (κ3) is 3.14. The molecule has 4 nitrogen and oxygen atoms in total. The van der Waals surface area contributed by atoms with Crippen LogP contribution in [-0.4, -0.2) is 23.3 Å². The van der Waals surface area contributed by atoms with Crippen molar-refractivity contribution in [2.45, 2.75) is 5.16 Å². The number of halogens is 1. The largest absolute Gasteiger partial charge is 0.373 e. The zero-order valence-corrected chi connectivity index (χ0v) is 12.5. The second-order valence-electron chi connectivity index (χ2n) is 3.48. The van der Waals surface area contributed by atoms with Crippen molar-refractivity contribution < 1.29 is 0 Å². The lowest BCUT2D eigenvalue weighted by Gasteiger charge is -2.10. The molecule has 2 aromatic rings. The summed E-state index contributed by atoms with van der Waals surface area (Å²) in [6.07, 6.45) is 1.96. The lowest BCUT2D eigenvalue weighted by molar-refractivity contribution is 0.977. The topological polar surface area (TPSA) is 49.8 Å². The summed E-state index contributed by atoms with van der Waals surface area (Å²) < 4.78 is 1.00. The van der Waals surface area contributed by atoms with Gasteiger partial charge < -0.3 is 10.6 Å². The van der Waals surface area contributed by atoms with Gasteiger partial charge in [-0.25, -0.2) is 9.97 Å². The molecule has 0 radical (unpaired) electrons. The van der Waals surface area contributed by atoms with Crippen molar-refractivity contribution in [1.29, 1.82) is 0 Å². The summed E-state index contributed by atoms with van der Waals surface area (Å²) in [5.41, 5.74) is 0.977. The molecule has 94 valence electrons. The van der Waals surface area contributed by atoms with Gasteiger partial charge in [0.15, 0.2) is 5.16 Å². The van der Waals surface area contributed by atoms with E-state index in [1.165, 1.54) is 11.8 Å². The highest BCUT2D eigenvalue weighted by Gasteiger charge is 2.05. The summed E-state index contributed by atoms with van der Waals surface area (Å²) in [6.45, 7) is 0. The molecule has 0 fully saturated rings. The van der Waals surface area contributed by atoms with Crippen molar-refractivity contribution in [1.82, 2.24) is 9.97 Å². The first-order valence-electron chi connectivity index (χ1n) is 5.35. The highest BCUT2D eigenvalue weighted by molar-refractivity contribution is 9.10. The molecule has 1 heterocycles. The molecule has 0 saturated carbocycles. The van der Waals surface area contributed by atoms with Gasteiger partial charge in [0.05, 0.1) is 5.69 Å². The van der Waals surface area contributed by atoms with E-state index in [1.807, 2.05) is 43.6 Å². The SMILES string of the molecule is CNc1cc(Nc2ccccc2Br)nc(SC)n1. The van der Waals surface area contributed by atoms with Crippen LogP contribution in [0.4, 0.5) is 17.3 Å². The summed E-state index contributed by atoms with van der Waals surface area (Å²) >= 11 is 5.01. The van der Waals surface area contributed by atoms with Gasteiger partial charge in [0.2, 0.25) is 0 Å². The summed E-state index contributed by atoms with van der Waals surface area (Å²) in [7, 11) is 1.84. The second-order valence-corrected chi connectivity index (χ2v) is 5.11. The van der Waals surface area contributed by atoms with E-state index < -0.39 is 0 Å². The molecule has 1 aromatic heterocycles. The number of hydrogen-bond donors (Lipinski definition) is 2. The van der Waals surface area contributed by atoms with Gasteiger partial charge in [-0.3, -0.25) is 0 Å². The highest BCUT2D eigenvalue weighted by atomic mass is 79.9. The number of anilines is 3. The quantitative estimate of drug-likeness (QED) is 0.662. The van der Waals surface area contributed by atoms with Gasteiger partial charge in [-0.05, 0) is 34.3 Å². The Labute approximate surface area is 119 Å². The van der Waals surface area contributed by atoms with Gasteiger partial charge in [0.1, 0.15) is 11.6 Å². The van der Waals surface area contributed by atoms with Crippen molar-refractivity contribution in [2.24, 2.45) is 0 Å². The lowest BCUT2D eigenvalue weighted by atomic mass is 10.3. The minimum absolute atomic E-state index is 0.733. The van der Waals surface area contributed by atoms with Crippen LogP contribution in [-0.2, 0) is 0 Å². The molecule has 0 saturated heterocycles. The molecular weight excluding hydrogens is 312 g/mol. The Kier molecular flexibility index (Phi) is 4.43. The van der Waals surface area contributed by atoms with E-state index in [0.29, 0.717) is 0 Å². The van der Waals surface area contributed by atoms with Gasteiger partial charge in [0, 0.05) is 17.6 Å². The van der Waals surface area contributed by atoms with Gasteiger partial charge in [-0.1, -0.05) is 23.9 Å². The molecule has 2 N–H and O–H groups in total. The Morgan fingerprint density at radius 2 is 1.89 bits per heavy atom. The second kappa shape index (κ2) is 6.06. The molecule has 0 aliphatic heterocycles. The Morgan fingerprint density at radius 3 is 2.56 bits per heavy atom. The monoisotopic (exact) mass is 324 g/mol. The van der Waals surface area contributed by atoms with Crippen molar-refractivity contribution in [2.75, 3.05) is 23.9 Å². The van der Waals surface area contributed by atoms with E-state index in [4.69, 9.17) is 0 Å². The number of rotatable bonds is 4. The molecule has 0 aliphatic rings. The number of benzene rings is 1. The third-order valence-electron chi connectivity index (χ3n) is 2.28. The van der Waals surface area contributed by atoms with Gasteiger partial charge in [-0.2, -0.15) is 0 Å². The van der Waals surface area contributed by atoms with E-state index >= 15 is 0 Å². The van der Waals surface area contributed by atoms with Crippen LogP contribution in [0, 0.1) is 0 Å². The van der Waals surface area contributed by atoms with Gasteiger partial charge in [-0.15, -0.1) is 0 Å². The number of nitrogens with one attached hydrogen (secondary N) is 2. The number of hydrogen-bond acceptors (Lipinski definition) is 5. The highest BCUT2D eigenvalue weighted by Crippen LogP contribution is 2.26. The molecule has 0 unspecified atom stereocenters. The molecule has 1 aromatic carbocycles. The predicted octanol–water partition coefficient (Wildman–Crippen LogP) is 3.75. The maximum atomic E-state index is 4.42. The van der Waals surface area contributed by atoms with Crippen LogP contribution in [0.2, 0.25) is 0 Å². The number of aromatic nitrogens is 2. The molecule has 0 atom stereocenters. The van der Waals surface area contributed by atoms with E-state index in [1.54, 1.807) is 0 Å². The van der Waals surface area contributed by atoms with E-state index in [-0.39, 0.29) is 0 Å². The normalized spacial score (nSPS) is 10.2. The molecule has 18 heavy (non-hydrogen) atoms. The van der Waals surface area contributed by atoms with Crippen molar-refractivity contribution in [3.8, 4) is 0 Å². The predicted molar refractivity (Wildman–Crippen MR) is 80.8 cm³/mol. The summed E-state index contributed by atoms with van der Waals surface area (Å²) in [6, 6.07) is 9.80. The van der Waals surface area contributed by atoms with Gasteiger partial charge >= 0.3 is 0 Å². The first-order valence-corrected chi connectivity index (χ1v) is 7.37. The van der Waals surface area contributed by atoms with E-state index in [9.17, 15) is 0 Å². The van der Waals surface area contributed by atoms with Crippen molar-refractivity contribution in [3.05, 3.63) is 34.8 Å². The number of thioether (sulfide) groups is 1. The first kappa shape index (κ1) is 13.2. The van der Waals surface area contributed by atoms with E-state index in [2.05, 4.69) is 36.5 Å². The Morgan fingerprint density at radius 1 is 1.17 bits per heavy atom. The van der Waals surface area contributed by atoms with E-state index in [0.717, 1.165) is 27.0 Å². The van der Waals surface area contributed by atoms with Crippen LogP contribution in [0.1, 0.15) is 0 Å². The molecule has 2 rings (SSSR count). The van der Waals surface area contributed by atoms with Crippen LogP contribution >= 0.6 is 27.7 Å². The smallest absolute Gasteiger partial charge is 0.191 e. The molecule has 0 aliphatic carbocycles. The van der Waals surface area contributed by atoms with Gasteiger partial charge in [0.25, 0.3) is 0 Å². The maximum Gasteiger partial charge on any atom is 0.191 e. The third-order valence-corrected chi connectivity index (χ3v) is 3.52. The number of para-hydroxylation sites is 1. The standard InChI is InChI=1S/C12H13BrN4S/c1-14-10-7-11(17-12(16-10)18-2)15-9-6-4-3-5-8(9)13/h3-7H,1-2H3,(H2,14,15,16,17). The Hall–Kier alpha value is -1.27. The maximum absolute atomic E-state index is 4.42. The van der Waals surface area contributed by atoms with Crippen molar-refractivity contribution in [3.63, 3.8) is 0 Å². The summed E-state index contributed by atoms with van der Waals surface area (Å²) in [4.78, 5) is 8.74. The number of nitrogens with zero attached hydrogens (tertiary/aromatic N) is 2. The molecule has 0 bridgehead atoms. The van der Waals surface area contributed by atoms with Crippen LogP contribution in [0.15, 0.2) is 40.0 Å².